The minimum atomic E-state index is -0.143. The van der Waals surface area contributed by atoms with Crippen LogP contribution in [0.3, 0.4) is 0 Å². The lowest BCUT2D eigenvalue weighted by Gasteiger charge is -2.36. The second kappa shape index (κ2) is 10.4. The van der Waals surface area contributed by atoms with E-state index in [0.717, 1.165) is 29.9 Å². The van der Waals surface area contributed by atoms with Gasteiger partial charge in [0.2, 0.25) is 0 Å². The highest BCUT2D eigenvalue weighted by molar-refractivity contribution is 5.94. The first-order chi connectivity index (χ1) is 18.0. The molecule has 2 aromatic carbocycles. The van der Waals surface area contributed by atoms with Gasteiger partial charge in [0, 0.05) is 39.0 Å². The zero-order valence-corrected chi connectivity index (χ0v) is 21.5. The summed E-state index contributed by atoms with van der Waals surface area (Å²) in [5.74, 6) is 1.07. The summed E-state index contributed by atoms with van der Waals surface area (Å²) < 4.78 is 18.0. The minimum absolute atomic E-state index is 0.143. The molecule has 0 saturated carbocycles. The molecule has 5 rings (SSSR count). The second-order valence-corrected chi connectivity index (χ2v) is 8.81. The molecule has 1 aliphatic heterocycles. The van der Waals surface area contributed by atoms with Crippen LogP contribution < -0.4 is 14.4 Å². The fourth-order valence-electron chi connectivity index (χ4n) is 4.73. The number of hydrogen-bond acceptors (Lipinski definition) is 8. The van der Waals surface area contributed by atoms with Crippen molar-refractivity contribution in [2.75, 3.05) is 52.4 Å². The van der Waals surface area contributed by atoms with Gasteiger partial charge in [0.05, 0.1) is 37.8 Å². The van der Waals surface area contributed by atoms with Gasteiger partial charge in [-0.25, -0.2) is 4.52 Å². The van der Waals surface area contributed by atoms with E-state index in [2.05, 4.69) is 27.2 Å². The van der Waals surface area contributed by atoms with E-state index in [1.54, 1.807) is 25.8 Å². The Morgan fingerprint density at radius 3 is 2.32 bits per heavy atom. The summed E-state index contributed by atoms with van der Waals surface area (Å²) >= 11 is 0. The maximum Gasteiger partial charge on any atom is 0.276 e. The molecule has 1 fully saturated rings. The number of aryl methyl sites for hydroxylation is 1. The van der Waals surface area contributed by atoms with Gasteiger partial charge in [0.25, 0.3) is 5.91 Å². The molecular weight excluding hydrogens is 472 g/mol. The number of benzene rings is 2. The number of fused-ring (bicyclic) bond motifs is 1. The molecule has 0 aliphatic carbocycles. The van der Waals surface area contributed by atoms with E-state index in [1.165, 1.54) is 0 Å². The first kappa shape index (κ1) is 24.5. The van der Waals surface area contributed by atoms with Crippen LogP contribution in [0.25, 0.3) is 16.8 Å². The normalized spacial score (nSPS) is 13.7. The molecule has 192 valence electrons. The lowest BCUT2D eigenvalue weighted by atomic mass is 10.1. The molecule has 4 aromatic rings. The largest absolute Gasteiger partial charge is 0.493 e. The standard InChI is InChI=1S/C27H30N6O4/c1-18-25(27(34)32-14-12-31(13-15-32)20-8-6-5-7-9-20)28-29-26-24(21(17-35-2)30-33(18)26)19-10-11-22(36-3)23(16-19)37-4/h5-11,16H,12-15,17H2,1-4H3. The van der Waals surface area contributed by atoms with E-state index in [0.29, 0.717) is 47.3 Å². The number of aromatic nitrogens is 4. The lowest BCUT2D eigenvalue weighted by Crippen LogP contribution is -2.49. The Morgan fingerprint density at radius 2 is 1.65 bits per heavy atom. The summed E-state index contributed by atoms with van der Waals surface area (Å²) in [5, 5.41) is 13.6. The van der Waals surface area contributed by atoms with E-state index in [-0.39, 0.29) is 12.5 Å². The Balaban J connectivity index is 1.46. The number of anilines is 1. The first-order valence-corrected chi connectivity index (χ1v) is 12.1. The number of ether oxygens (including phenoxy) is 3. The highest BCUT2D eigenvalue weighted by Gasteiger charge is 2.27. The summed E-state index contributed by atoms with van der Waals surface area (Å²) in [5.41, 5.74) is 4.93. The predicted molar refractivity (Wildman–Crippen MR) is 139 cm³/mol. The Kier molecular flexibility index (Phi) is 6.91. The van der Waals surface area contributed by atoms with E-state index >= 15 is 0 Å². The summed E-state index contributed by atoms with van der Waals surface area (Å²) in [6, 6.07) is 15.9. The van der Waals surface area contributed by atoms with Crippen LogP contribution in [0.2, 0.25) is 0 Å². The van der Waals surface area contributed by atoms with Crippen molar-refractivity contribution in [3.05, 3.63) is 65.6 Å². The number of amides is 1. The van der Waals surface area contributed by atoms with Crippen molar-refractivity contribution in [2.45, 2.75) is 13.5 Å². The van der Waals surface area contributed by atoms with Gasteiger partial charge in [0.15, 0.2) is 22.8 Å². The molecule has 0 N–H and O–H groups in total. The molecule has 1 saturated heterocycles. The van der Waals surface area contributed by atoms with Gasteiger partial charge in [0.1, 0.15) is 0 Å². The quantitative estimate of drug-likeness (QED) is 0.380. The van der Waals surface area contributed by atoms with Crippen molar-refractivity contribution in [3.63, 3.8) is 0 Å². The van der Waals surface area contributed by atoms with Crippen molar-refractivity contribution >= 4 is 17.2 Å². The van der Waals surface area contributed by atoms with Gasteiger partial charge in [-0.15, -0.1) is 10.2 Å². The molecular formula is C27H30N6O4. The number of carbonyl (C=O) groups is 1. The summed E-state index contributed by atoms with van der Waals surface area (Å²) in [6.45, 7) is 4.85. The molecule has 0 bridgehead atoms. The van der Waals surface area contributed by atoms with Gasteiger partial charge >= 0.3 is 0 Å². The Labute approximate surface area is 215 Å². The molecule has 1 amide bonds. The smallest absolute Gasteiger partial charge is 0.276 e. The van der Waals surface area contributed by atoms with Crippen LogP contribution in [0.1, 0.15) is 21.9 Å². The molecule has 0 radical (unpaired) electrons. The van der Waals surface area contributed by atoms with Gasteiger partial charge in [-0.1, -0.05) is 24.3 Å². The number of piperazine rings is 1. The number of carbonyl (C=O) groups excluding carboxylic acids is 1. The van der Waals surface area contributed by atoms with Gasteiger partial charge < -0.3 is 24.0 Å². The summed E-state index contributed by atoms with van der Waals surface area (Å²) in [7, 11) is 4.80. The van der Waals surface area contributed by atoms with E-state index in [9.17, 15) is 4.79 Å². The van der Waals surface area contributed by atoms with Gasteiger partial charge in [-0.3, -0.25) is 4.79 Å². The third-order valence-corrected chi connectivity index (χ3v) is 6.68. The lowest BCUT2D eigenvalue weighted by molar-refractivity contribution is 0.0738. The molecule has 37 heavy (non-hydrogen) atoms. The predicted octanol–water partition coefficient (Wildman–Crippen LogP) is 3.23. The van der Waals surface area contributed by atoms with Gasteiger partial charge in [-0.2, -0.15) is 5.10 Å². The third-order valence-electron chi connectivity index (χ3n) is 6.68. The maximum atomic E-state index is 13.5. The average Bonchev–Trinajstić information content (AvgIpc) is 3.32. The SMILES string of the molecule is COCc1nn2c(C)c(C(=O)N3CCN(c4ccccc4)CC3)nnc2c1-c1ccc(OC)c(OC)c1. The molecule has 3 heterocycles. The highest BCUT2D eigenvalue weighted by Crippen LogP contribution is 2.35. The zero-order valence-electron chi connectivity index (χ0n) is 21.5. The second-order valence-electron chi connectivity index (χ2n) is 8.81. The maximum absolute atomic E-state index is 13.5. The summed E-state index contributed by atoms with van der Waals surface area (Å²) in [6.07, 6.45) is 0. The molecule has 0 spiro atoms. The van der Waals surface area contributed by atoms with Crippen molar-refractivity contribution in [1.82, 2.24) is 24.7 Å². The topological polar surface area (TPSA) is 94.3 Å². The Hall–Kier alpha value is -4.18. The number of rotatable bonds is 7. The Bertz CT molecular complexity index is 1410. The van der Waals surface area contributed by atoms with Crippen LogP contribution in [0.5, 0.6) is 11.5 Å². The van der Waals surface area contributed by atoms with E-state index < -0.39 is 0 Å². The number of para-hydroxylation sites is 1. The third kappa shape index (κ3) is 4.55. The van der Waals surface area contributed by atoms with Crippen LogP contribution in [-0.2, 0) is 11.3 Å². The van der Waals surface area contributed by atoms with Crippen molar-refractivity contribution in [3.8, 4) is 22.6 Å². The van der Waals surface area contributed by atoms with E-state index in [1.807, 2.05) is 48.2 Å². The van der Waals surface area contributed by atoms with Crippen molar-refractivity contribution in [1.29, 1.82) is 0 Å². The van der Waals surface area contributed by atoms with Gasteiger partial charge in [-0.05, 0) is 36.8 Å². The first-order valence-electron chi connectivity index (χ1n) is 12.1. The highest BCUT2D eigenvalue weighted by atomic mass is 16.5. The fourth-order valence-corrected chi connectivity index (χ4v) is 4.73. The van der Waals surface area contributed by atoms with Crippen LogP contribution in [0.15, 0.2) is 48.5 Å². The number of nitrogens with zero attached hydrogens (tertiary/aromatic N) is 6. The fraction of sp³-hybridized carbons (Fsp3) is 0.333. The van der Waals surface area contributed by atoms with Crippen LogP contribution >= 0.6 is 0 Å². The molecule has 2 aromatic heterocycles. The Morgan fingerprint density at radius 1 is 0.919 bits per heavy atom. The van der Waals surface area contributed by atoms with Crippen LogP contribution in [0.4, 0.5) is 5.69 Å². The number of methoxy groups -OCH3 is 3. The zero-order chi connectivity index (χ0) is 25.9. The molecule has 0 atom stereocenters. The van der Waals surface area contributed by atoms with Crippen molar-refractivity contribution in [2.24, 2.45) is 0 Å². The minimum Gasteiger partial charge on any atom is -0.493 e. The molecule has 1 aliphatic rings. The van der Waals surface area contributed by atoms with Crippen molar-refractivity contribution < 1.29 is 19.0 Å². The molecule has 0 unspecified atom stereocenters. The number of hydrogen-bond donors (Lipinski definition) is 0. The van der Waals surface area contributed by atoms with E-state index in [4.69, 9.17) is 19.3 Å². The summed E-state index contributed by atoms with van der Waals surface area (Å²) in [4.78, 5) is 17.6. The monoisotopic (exact) mass is 502 g/mol. The average molecular weight is 503 g/mol. The molecule has 10 heteroatoms. The molecule has 10 nitrogen and oxygen atoms in total. The van der Waals surface area contributed by atoms with Crippen LogP contribution in [0, 0.1) is 6.92 Å². The van der Waals surface area contributed by atoms with Crippen LogP contribution in [-0.4, -0.2) is 78.1 Å².